The van der Waals surface area contributed by atoms with Gasteiger partial charge in [0.25, 0.3) is 0 Å². The van der Waals surface area contributed by atoms with Crippen molar-refractivity contribution in [1.29, 1.82) is 0 Å². The van der Waals surface area contributed by atoms with E-state index < -0.39 is 0 Å². The monoisotopic (exact) mass is 239 g/mol. The van der Waals surface area contributed by atoms with Crippen molar-refractivity contribution in [2.75, 3.05) is 6.54 Å². The topological polar surface area (TPSA) is 85.8 Å². The summed E-state index contributed by atoms with van der Waals surface area (Å²) in [7, 11) is 0. The summed E-state index contributed by atoms with van der Waals surface area (Å²) >= 11 is 0. The van der Waals surface area contributed by atoms with Gasteiger partial charge in [-0.1, -0.05) is 5.21 Å². The van der Waals surface area contributed by atoms with Crippen molar-refractivity contribution in [3.05, 3.63) is 11.9 Å². The normalized spacial score (nSPS) is 10.8. The maximum absolute atomic E-state index is 11.5. The van der Waals surface area contributed by atoms with Crippen molar-refractivity contribution in [3.8, 4) is 0 Å². The van der Waals surface area contributed by atoms with Crippen LogP contribution in [0, 0.1) is 0 Å². The van der Waals surface area contributed by atoms with Gasteiger partial charge in [-0.2, -0.15) is 0 Å². The Morgan fingerprint density at radius 1 is 1.53 bits per heavy atom. The van der Waals surface area contributed by atoms with E-state index in [1.54, 1.807) is 4.68 Å². The zero-order chi connectivity index (χ0) is 12.7. The van der Waals surface area contributed by atoms with Crippen LogP contribution in [-0.2, 0) is 17.8 Å². The van der Waals surface area contributed by atoms with Crippen LogP contribution in [-0.4, -0.2) is 33.5 Å². The predicted molar refractivity (Wildman–Crippen MR) is 65.3 cm³/mol. The first-order valence-corrected chi connectivity index (χ1v) is 6.00. The number of aromatic nitrogens is 3. The summed E-state index contributed by atoms with van der Waals surface area (Å²) in [5, 5.41) is 10.7. The molecule has 0 aliphatic heterocycles. The highest BCUT2D eigenvalue weighted by Crippen LogP contribution is 2.00. The minimum atomic E-state index is -0.0431. The second-order valence-electron chi connectivity index (χ2n) is 4.38. The molecule has 0 aromatic carbocycles. The Morgan fingerprint density at radius 3 is 2.94 bits per heavy atom. The highest BCUT2D eigenvalue weighted by atomic mass is 16.2. The van der Waals surface area contributed by atoms with Gasteiger partial charge in [-0.25, -0.2) is 4.68 Å². The lowest BCUT2D eigenvalue weighted by Gasteiger charge is -2.07. The van der Waals surface area contributed by atoms with Crippen LogP contribution < -0.4 is 11.1 Å². The van der Waals surface area contributed by atoms with E-state index in [2.05, 4.69) is 15.6 Å². The molecule has 1 amide bonds. The van der Waals surface area contributed by atoms with E-state index >= 15 is 0 Å². The van der Waals surface area contributed by atoms with Gasteiger partial charge >= 0.3 is 0 Å². The molecule has 0 saturated carbocycles. The van der Waals surface area contributed by atoms with E-state index in [-0.39, 0.29) is 18.5 Å². The predicted octanol–water partition coefficient (Wildman–Crippen LogP) is 0.0841. The average Bonchev–Trinajstić information content (AvgIpc) is 2.64. The number of aryl methyl sites for hydroxylation is 1. The summed E-state index contributed by atoms with van der Waals surface area (Å²) in [6.07, 6.45) is 4.67. The SMILES string of the molecule is CC(C)NC(=O)Cn1cc(CCCCN)nn1. The van der Waals surface area contributed by atoms with Crippen LogP contribution in [0.2, 0.25) is 0 Å². The van der Waals surface area contributed by atoms with Crippen LogP contribution in [0.15, 0.2) is 6.20 Å². The van der Waals surface area contributed by atoms with E-state index in [4.69, 9.17) is 5.73 Å². The fourth-order valence-corrected chi connectivity index (χ4v) is 1.50. The molecule has 0 saturated heterocycles. The fourth-order valence-electron chi connectivity index (χ4n) is 1.50. The molecule has 0 fully saturated rings. The van der Waals surface area contributed by atoms with Crippen molar-refractivity contribution >= 4 is 5.91 Å². The van der Waals surface area contributed by atoms with Gasteiger partial charge in [0.15, 0.2) is 0 Å². The molecule has 0 spiro atoms. The standard InChI is InChI=1S/C11H21N5O/c1-9(2)13-11(17)8-16-7-10(14-15-16)5-3-4-6-12/h7,9H,3-6,8,12H2,1-2H3,(H,13,17). The molecule has 1 heterocycles. The third kappa shape index (κ3) is 5.44. The van der Waals surface area contributed by atoms with E-state index in [1.165, 1.54) is 0 Å². The molecule has 0 aliphatic rings. The number of nitrogens with zero attached hydrogens (tertiary/aromatic N) is 3. The fraction of sp³-hybridized carbons (Fsp3) is 0.727. The molecule has 3 N–H and O–H groups in total. The molecule has 96 valence electrons. The van der Waals surface area contributed by atoms with Crippen LogP contribution in [0.3, 0.4) is 0 Å². The molecular formula is C11H21N5O. The number of hydrogen-bond donors (Lipinski definition) is 2. The number of hydrogen-bond acceptors (Lipinski definition) is 4. The number of rotatable bonds is 7. The number of amides is 1. The van der Waals surface area contributed by atoms with E-state index in [0.717, 1.165) is 25.0 Å². The Kier molecular flexibility index (Phi) is 5.62. The lowest BCUT2D eigenvalue weighted by atomic mass is 10.2. The van der Waals surface area contributed by atoms with Crippen LogP contribution in [0.5, 0.6) is 0 Å². The van der Waals surface area contributed by atoms with Gasteiger partial charge in [-0.05, 0) is 39.7 Å². The van der Waals surface area contributed by atoms with Gasteiger partial charge in [0.05, 0.1) is 5.69 Å². The second-order valence-corrected chi connectivity index (χ2v) is 4.38. The van der Waals surface area contributed by atoms with Gasteiger partial charge in [-0.3, -0.25) is 4.79 Å². The maximum Gasteiger partial charge on any atom is 0.241 e. The Hall–Kier alpha value is -1.43. The van der Waals surface area contributed by atoms with Crippen LogP contribution in [0.25, 0.3) is 0 Å². The summed E-state index contributed by atoms with van der Waals surface area (Å²) in [4.78, 5) is 11.5. The van der Waals surface area contributed by atoms with Crippen LogP contribution in [0.4, 0.5) is 0 Å². The molecule has 0 radical (unpaired) electrons. The van der Waals surface area contributed by atoms with E-state index in [1.807, 2.05) is 20.0 Å². The summed E-state index contributed by atoms with van der Waals surface area (Å²) in [5.41, 5.74) is 6.33. The minimum absolute atomic E-state index is 0.0431. The Morgan fingerprint density at radius 2 is 2.29 bits per heavy atom. The average molecular weight is 239 g/mol. The summed E-state index contributed by atoms with van der Waals surface area (Å²) in [6, 6.07) is 0.148. The van der Waals surface area contributed by atoms with E-state index in [9.17, 15) is 4.79 Å². The quantitative estimate of drug-likeness (QED) is 0.660. The molecule has 6 heteroatoms. The first kappa shape index (κ1) is 13.6. The maximum atomic E-state index is 11.5. The van der Waals surface area contributed by atoms with Crippen molar-refractivity contribution in [3.63, 3.8) is 0 Å². The molecule has 0 unspecified atom stereocenters. The molecule has 6 nitrogen and oxygen atoms in total. The molecular weight excluding hydrogens is 218 g/mol. The van der Waals surface area contributed by atoms with Gasteiger partial charge in [-0.15, -0.1) is 5.10 Å². The van der Waals surface area contributed by atoms with Gasteiger partial charge in [0.1, 0.15) is 6.54 Å². The molecule has 1 aromatic heterocycles. The smallest absolute Gasteiger partial charge is 0.241 e. The third-order valence-corrected chi connectivity index (χ3v) is 2.23. The lowest BCUT2D eigenvalue weighted by Crippen LogP contribution is -2.33. The minimum Gasteiger partial charge on any atom is -0.352 e. The lowest BCUT2D eigenvalue weighted by molar-refractivity contribution is -0.122. The van der Waals surface area contributed by atoms with Crippen molar-refractivity contribution in [1.82, 2.24) is 20.3 Å². The number of nitrogens with one attached hydrogen (secondary N) is 1. The second kappa shape index (κ2) is 7.01. The van der Waals surface area contributed by atoms with Gasteiger partial charge < -0.3 is 11.1 Å². The largest absolute Gasteiger partial charge is 0.352 e. The number of carbonyl (C=O) groups excluding carboxylic acids is 1. The van der Waals surface area contributed by atoms with Crippen molar-refractivity contribution in [2.24, 2.45) is 5.73 Å². The molecule has 0 bridgehead atoms. The Balaban J connectivity index is 2.37. The van der Waals surface area contributed by atoms with E-state index in [0.29, 0.717) is 6.54 Å². The van der Waals surface area contributed by atoms with Crippen LogP contribution >= 0.6 is 0 Å². The van der Waals surface area contributed by atoms with Gasteiger partial charge in [0, 0.05) is 12.2 Å². The zero-order valence-corrected chi connectivity index (χ0v) is 10.5. The molecule has 1 aromatic rings. The first-order valence-electron chi connectivity index (χ1n) is 6.00. The highest BCUT2D eigenvalue weighted by Gasteiger charge is 2.06. The Labute approximate surface area is 102 Å². The number of nitrogens with two attached hydrogens (primary N) is 1. The molecule has 0 atom stereocenters. The summed E-state index contributed by atoms with van der Waals surface area (Å²) in [5.74, 6) is -0.0431. The molecule has 0 aliphatic carbocycles. The van der Waals surface area contributed by atoms with Crippen molar-refractivity contribution in [2.45, 2.75) is 45.7 Å². The summed E-state index contributed by atoms with van der Waals surface area (Å²) in [6.45, 7) is 4.78. The van der Waals surface area contributed by atoms with Gasteiger partial charge in [0.2, 0.25) is 5.91 Å². The molecule has 17 heavy (non-hydrogen) atoms. The number of carbonyl (C=O) groups is 1. The molecule has 1 rings (SSSR count). The Bertz CT molecular complexity index is 347. The number of unbranched alkanes of at least 4 members (excludes halogenated alkanes) is 1. The first-order chi connectivity index (χ1) is 8.11. The van der Waals surface area contributed by atoms with Crippen molar-refractivity contribution < 1.29 is 4.79 Å². The summed E-state index contributed by atoms with van der Waals surface area (Å²) < 4.78 is 1.56. The third-order valence-electron chi connectivity index (χ3n) is 2.23. The van der Waals surface area contributed by atoms with Crippen LogP contribution in [0.1, 0.15) is 32.4 Å². The zero-order valence-electron chi connectivity index (χ0n) is 10.5. The highest BCUT2D eigenvalue weighted by molar-refractivity contribution is 5.75.